The Morgan fingerprint density at radius 3 is 1.56 bits per heavy atom. The van der Waals surface area contributed by atoms with Crippen molar-refractivity contribution in [2.75, 3.05) is 6.26 Å². The van der Waals surface area contributed by atoms with Crippen LogP contribution in [-0.2, 0) is 14.3 Å². The second-order valence-corrected chi connectivity index (χ2v) is 6.95. The lowest BCUT2D eigenvalue weighted by Gasteiger charge is -2.27. The van der Waals surface area contributed by atoms with Crippen LogP contribution < -0.4 is 0 Å². The minimum atomic E-state index is -3.30. The summed E-state index contributed by atoms with van der Waals surface area (Å²) in [5, 5.41) is 0. The largest absolute Gasteiger partial charge is 0.266 e. The highest BCUT2D eigenvalue weighted by molar-refractivity contribution is 7.86. The molecule has 2 fully saturated rings. The van der Waals surface area contributed by atoms with Crippen LogP contribution in [0.3, 0.4) is 0 Å². The lowest BCUT2D eigenvalue weighted by molar-refractivity contribution is 0.0863. The maximum absolute atomic E-state index is 11.3. The van der Waals surface area contributed by atoms with E-state index in [0.29, 0.717) is 11.8 Å². The van der Waals surface area contributed by atoms with Crippen molar-refractivity contribution in [1.82, 2.24) is 0 Å². The topological polar surface area (TPSA) is 43.4 Å². The van der Waals surface area contributed by atoms with Crippen LogP contribution in [0.4, 0.5) is 0 Å². The average Bonchev–Trinajstić information content (AvgIpc) is 2.47. The summed E-state index contributed by atoms with van der Waals surface area (Å²) >= 11 is 0. The van der Waals surface area contributed by atoms with Gasteiger partial charge in [0.05, 0.1) is 12.4 Å². The molecule has 0 atom stereocenters. The quantitative estimate of drug-likeness (QED) is 0.704. The molecule has 3 nitrogen and oxygen atoms in total. The molecule has 4 heteroatoms. The lowest BCUT2D eigenvalue weighted by atomic mass is 9.89. The molecule has 2 saturated carbocycles. The van der Waals surface area contributed by atoms with Gasteiger partial charge in [-0.2, -0.15) is 8.42 Å². The van der Waals surface area contributed by atoms with Gasteiger partial charge in [-0.15, -0.1) is 0 Å². The molecular formula is C12H22O3S. The zero-order chi connectivity index (χ0) is 11.6. The fourth-order valence-electron chi connectivity index (χ4n) is 3.32. The first-order chi connectivity index (χ1) is 7.56. The van der Waals surface area contributed by atoms with Gasteiger partial charge in [0.1, 0.15) is 0 Å². The molecular weight excluding hydrogens is 224 g/mol. The summed E-state index contributed by atoms with van der Waals surface area (Å²) in [6.07, 6.45) is 10.7. The van der Waals surface area contributed by atoms with Crippen LogP contribution in [-0.4, -0.2) is 20.8 Å². The Morgan fingerprint density at radius 2 is 1.25 bits per heavy atom. The summed E-state index contributed by atoms with van der Waals surface area (Å²) < 4.78 is 28.0. The Kier molecular flexibility index (Phi) is 3.90. The van der Waals surface area contributed by atoms with E-state index >= 15 is 0 Å². The van der Waals surface area contributed by atoms with Gasteiger partial charge in [0.2, 0.25) is 0 Å². The molecule has 0 heterocycles. The van der Waals surface area contributed by atoms with Gasteiger partial charge in [-0.1, -0.05) is 25.7 Å². The molecule has 2 bridgehead atoms. The van der Waals surface area contributed by atoms with Crippen molar-refractivity contribution in [3.63, 3.8) is 0 Å². The SMILES string of the molecule is CS(=O)(=O)OC1C2CCCCC1CCCC2. The van der Waals surface area contributed by atoms with E-state index in [9.17, 15) is 8.42 Å². The van der Waals surface area contributed by atoms with E-state index in [1.54, 1.807) is 0 Å². The zero-order valence-corrected chi connectivity index (χ0v) is 10.8. The van der Waals surface area contributed by atoms with Gasteiger partial charge in [0.25, 0.3) is 10.1 Å². The standard InChI is InChI=1S/C12H22O3S/c1-16(13,14)15-12-10-6-2-3-7-11(12)9-5-4-8-10/h10-12H,2-9H2,1H3. The molecule has 2 rings (SSSR count). The highest BCUT2D eigenvalue weighted by Gasteiger charge is 2.36. The third-order valence-corrected chi connectivity index (χ3v) is 4.59. The maximum atomic E-state index is 11.3. The molecule has 2 aliphatic carbocycles. The fraction of sp³-hybridized carbons (Fsp3) is 1.00. The van der Waals surface area contributed by atoms with Crippen LogP contribution in [0.5, 0.6) is 0 Å². The summed E-state index contributed by atoms with van der Waals surface area (Å²) in [6.45, 7) is 0. The maximum Gasteiger partial charge on any atom is 0.264 e. The van der Waals surface area contributed by atoms with Crippen LogP contribution in [0, 0.1) is 11.8 Å². The minimum absolute atomic E-state index is 0.0278. The van der Waals surface area contributed by atoms with Crippen molar-refractivity contribution >= 4 is 10.1 Å². The van der Waals surface area contributed by atoms with Crippen molar-refractivity contribution in [3.05, 3.63) is 0 Å². The predicted octanol–water partition coefficient (Wildman–Crippen LogP) is 2.71. The van der Waals surface area contributed by atoms with E-state index in [1.165, 1.54) is 31.9 Å². The Balaban J connectivity index is 2.16. The van der Waals surface area contributed by atoms with E-state index in [2.05, 4.69) is 0 Å². The molecule has 0 amide bonds. The van der Waals surface area contributed by atoms with Crippen LogP contribution in [0.2, 0.25) is 0 Å². The van der Waals surface area contributed by atoms with Crippen molar-refractivity contribution in [3.8, 4) is 0 Å². The number of rotatable bonds is 2. The highest BCUT2D eigenvalue weighted by atomic mass is 32.2. The first kappa shape index (κ1) is 12.4. The van der Waals surface area contributed by atoms with Crippen LogP contribution in [0.25, 0.3) is 0 Å². The highest BCUT2D eigenvalue weighted by Crippen LogP contribution is 2.39. The molecule has 0 aromatic carbocycles. The summed E-state index contributed by atoms with van der Waals surface area (Å²) in [5.74, 6) is 0.953. The first-order valence-electron chi connectivity index (χ1n) is 6.44. The zero-order valence-electron chi connectivity index (χ0n) is 10.0. The second-order valence-electron chi connectivity index (χ2n) is 5.35. The summed E-state index contributed by atoms with van der Waals surface area (Å²) in [7, 11) is -3.30. The lowest BCUT2D eigenvalue weighted by Crippen LogP contribution is -2.31. The van der Waals surface area contributed by atoms with Crippen LogP contribution >= 0.6 is 0 Å². The molecule has 0 N–H and O–H groups in total. The predicted molar refractivity (Wildman–Crippen MR) is 63.6 cm³/mol. The number of hydrogen-bond donors (Lipinski definition) is 0. The van der Waals surface area contributed by atoms with Gasteiger partial charge in [0.15, 0.2) is 0 Å². The van der Waals surface area contributed by atoms with Gasteiger partial charge >= 0.3 is 0 Å². The average molecular weight is 246 g/mol. The van der Waals surface area contributed by atoms with E-state index in [-0.39, 0.29) is 6.10 Å². The van der Waals surface area contributed by atoms with E-state index in [1.807, 2.05) is 0 Å². The molecule has 0 radical (unpaired) electrons. The molecule has 0 saturated heterocycles. The fourth-order valence-corrected chi connectivity index (χ4v) is 4.03. The second kappa shape index (κ2) is 5.05. The van der Waals surface area contributed by atoms with E-state index in [4.69, 9.17) is 4.18 Å². The summed E-state index contributed by atoms with van der Waals surface area (Å²) in [4.78, 5) is 0. The molecule has 0 unspecified atom stereocenters. The van der Waals surface area contributed by atoms with Crippen molar-refractivity contribution in [2.24, 2.45) is 11.8 Å². The monoisotopic (exact) mass is 246 g/mol. The minimum Gasteiger partial charge on any atom is -0.266 e. The molecule has 0 spiro atoms. The van der Waals surface area contributed by atoms with Crippen LogP contribution in [0.1, 0.15) is 51.4 Å². The Morgan fingerprint density at radius 1 is 0.875 bits per heavy atom. The van der Waals surface area contributed by atoms with Gasteiger partial charge < -0.3 is 0 Å². The normalized spacial score (nSPS) is 36.4. The summed E-state index contributed by atoms with van der Waals surface area (Å²) in [5.41, 5.74) is 0. The molecule has 16 heavy (non-hydrogen) atoms. The third-order valence-electron chi connectivity index (χ3n) is 4.01. The van der Waals surface area contributed by atoms with Gasteiger partial charge in [-0.3, -0.25) is 4.18 Å². The number of hydrogen-bond acceptors (Lipinski definition) is 3. The molecule has 2 aliphatic rings. The van der Waals surface area contributed by atoms with Gasteiger partial charge in [-0.05, 0) is 37.5 Å². The molecule has 0 aliphatic heterocycles. The van der Waals surface area contributed by atoms with Crippen LogP contribution in [0.15, 0.2) is 0 Å². The van der Waals surface area contributed by atoms with Gasteiger partial charge in [0, 0.05) is 0 Å². The third kappa shape index (κ3) is 3.20. The number of fused-ring (bicyclic) bond motifs is 2. The smallest absolute Gasteiger partial charge is 0.264 e. The molecule has 0 aromatic rings. The van der Waals surface area contributed by atoms with Gasteiger partial charge in [-0.25, -0.2) is 0 Å². The van der Waals surface area contributed by atoms with Crippen molar-refractivity contribution < 1.29 is 12.6 Å². The van der Waals surface area contributed by atoms with Crippen molar-refractivity contribution in [1.29, 1.82) is 0 Å². The van der Waals surface area contributed by atoms with E-state index < -0.39 is 10.1 Å². The Hall–Kier alpha value is -0.0900. The Bertz CT molecular complexity index is 295. The first-order valence-corrected chi connectivity index (χ1v) is 8.26. The molecule has 0 aromatic heterocycles. The molecule has 94 valence electrons. The van der Waals surface area contributed by atoms with E-state index in [0.717, 1.165) is 25.7 Å². The van der Waals surface area contributed by atoms with Crippen molar-refractivity contribution in [2.45, 2.75) is 57.5 Å². The summed E-state index contributed by atoms with van der Waals surface area (Å²) in [6, 6.07) is 0. The Labute approximate surface area is 98.7 Å².